The number of imidazole rings is 1. The van der Waals surface area contributed by atoms with E-state index in [1.807, 2.05) is 19.1 Å². The molecule has 0 amide bonds. The lowest BCUT2D eigenvalue weighted by Gasteiger charge is -1.98. The zero-order chi connectivity index (χ0) is 13.1. The molecule has 94 valence electrons. The number of esters is 1. The van der Waals surface area contributed by atoms with Crippen molar-refractivity contribution in [2.24, 2.45) is 0 Å². The number of pyridine rings is 1. The van der Waals surface area contributed by atoms with E-state index in [1.54, 1.807) is 20.0 Å². The van der Waals surface area contributed by atoms with E-state index >= 15 is 0 Å². The number of hydrogen-bond acceptors (Lipinski definition) is 4. The molecule has 2 aromatic heterocycles. The number of aromatic nitrogens is 3. The first-order valence-corrected chi connectivity index (χ1v) is 5.78. The third-order valence-electron chi connectivity index (χ3n) is 2.52. The molecule has 0 saturated heterocycles. The zero-order valence-corrected chi connectivity index (χ0v) is 10.7. The number of aromatic amines is 1. The number of rotatable bonds is 3. The number of nitrogens with zero attached hydrogens (tertiary/aromatic N) is 2. The van der Waals surface area contributed by atoms with E-state index in [0.717, 1.165) is 11.3 Å². The molecule has 0 aromatic carbocycles. The van der Waals surface area contributed by atoms with Gasteiger partial charge in [0.25, 0.3) is 0 Å². The Morgan fingerprint density at radius 1 is 1.44 bits per heavy atom. The second kappa shape index (κ2) is 5.00. The maximum absolute atomic E-state index is 11.7. The average molecular weight is 245 g/mol. The van der Waals surface area contributed by atoms with E-state index in [4.69, 9.17) is 4.74 Å². The Hall–Kier alpha value is -2.17. The van der Waals surface area contributed by atoms with Gasteiger partial charge in [-0.3, -0.25) is 4.98 Å². The van der Waals surface area contributed by atoms with Gasteiger partial charge in [-0.1, -0.05) is 0 Å². The number of hydrogen-bond donors (Lipinski definition) is 1. The summed E-state index contributed by atoms with van der Waals surface area (Å²) in [7, 11) is 0. The summed E-state index contributed by atoms with van der Waals surface area (Å²) < 4.78 is 4.95. The summed E-state index contributed by atoms with van der Waals surface area (Å²) in [4.78, 5) is 23.2. The van der Waals surface area contributed by atoms with Crippen LogP contribution < -0.4 is 0 Å². The normalized spacial score (nSPS) is 10.4. The lowest BCUT2D eigenvalue weighted by atomic mass is 10.2. The van der Waals surface area contributed by atoms with E-state index in [-0.39, 0.29) is 0 Å². The summed E-state index contributed by atoms with van der Waals surface area (Å²) in [6.07, 6.45) is 1.71. The van der Waals surface area contributed by atoms with Crippen LogP contribution in [0, 0.1) is 13.8 Å². The van der Waals surface area contributed by atoms with Crippen LogP contribution in [0.25, 0.3) is 11.4 Å². The van der Waals surface area contributed by atoms with Crippen molar-refractivity contribution in [3.05, 3.63) is 35.4 Å². The predicted octanol–water partition coefficient (Wildman–Crippen LogP) is 2.27. The quantitative estimate of drug-likeness (QED) is 0.842. The van der Waals surface area contributed by atoms with E-state index in [2.05, 4.69) is 15.0 Å². The molecule has 18 heavy (non-hydrogen) atoms. The molecule has 0 radical (unpaired) electrons. The van der Waals surface area contributed by atoms with Crippen molar-refractivity contribution in [1.82, 2.24) is 15.0 Å². The molecule has 5 heteroatoms. The van der Waals surface area contributed by atoms with Gasteiger partial charge in [-0.25, -0.2) is 9.78 Å². The van der Waals surface area contributed by atoms with Crippen molar-refractivity contribution in [2.75, 3.05) is 6.61 Å². The molecule has 0 spiro atoms. The van der Waals surface area contributed by atoms with Crippen molar-refractivity contribution in [3.8, 4) is 11.4 Å². The number of carbonyl (C=O) groups excluding carboxylic acids is 1. The minimum Gasteiger partial charge on any atom is -0.461 e. The summed E-state index contributed by atoms with van der Waals surface area (Å²) in [5.41, 5.74) is 2.85. The molecule has 0 unspecified atom stereocenters. The Morgan fingerprint density at radius 3 is 2.89 bits per heavy atom. The fourth-order valence-corrected chi connectivity index (χ4v) is 1.69. The van der Waals surface area contributed by atoms with Gasteiger partial charge in [-0.2, -0.15) is 0 Å². The highest BCUT2D eigenvalue weighted by Crippen LogP contribution is 2.18. The van der Waals surface area contributed by atoms with E-state index < -0.39 is 5.97 Å². The first-order valence-electron chi connectivity index (χ1n) is 5.78. The van der Waals surface area contributed by atoms with Crippen LogP contribution in [-0.2, 0) is 4.74 Å². The Balaban J connectivity index is 2.37. The lowest BCUT2D eigenvalue weighted by molar-refractivity contribution is 0.0519. The number of ether oxygens (including phenoxy) is 1. The van der Waals surface area contributed by atoms with Gasteiger partial charge >= 0.3 is 5.97 Å². The molecule has 0 fully saturated rings. The van der Waals surface area contributed by atoms with Gasteiger partial charge in [0, 0.05) is 23.1 Å². The highest BCUT2D eigenvalue weighted by atomic mass is 16.5. The standard InChI is InChI=1S/C13H15N3O2/c1-4-18-13(17)11-9(3)15-12(16-11)10-5-6-14-8(2)7-10/h5-7H,4H2,1-3H3,(H,15,16). The Bertz CT molecular complexity index is 575. The lowest BCUT2D eigenvalue weighted by Crippen LogP contribution is -2.06. The van der Waals surface area contributed by atoms with E-state index in [9.17, 15) is 4.79 Å². The molecule has 2 rings (SSSR count). The van der Waals surface area contributed by atoms with E-state index in [0.29, 0.717) is 23.8 Å². The minimum atomic E-state index is -0.400. The molecule has 0 aliphatic heterocycles. The zero-order valence-electron chi connectivity index (χ0n) is 10.7. The number of H-pyrrole nitrogens is 1. The van der Waals surface area contributed by atoms with Gasteiger partial charge in [0.15, 0.2) is 5.69 Å². The molecule has 1 N–H and O–H groups in total. The first-order chi connectivity index (χ1) is 8.61. The molecule has 0 saturated carbocycles. The first kappa shape index (κ1) is 12.3. The summed E-state index contributed by atoms with van der Waals surface area (Å²) in [5, 5.41) is 0. The predicted molar refractivity (Wildman–Crippen MR) is 67.2 cm³/mol. The van der Waals surface area contributed by atoms with E-state index in [1.165, 1.54) is 0 Å². The van der Waals surface area contributed by atoms with Crippen LogP contribution in [-0.4, -0.2) is 27.5 Å². The van der Waals surface area contributed by atoms with Crippen LogP contribution in [0.3, 0.4) is 0 Å². The van der Waals surface area contributed by atoms with Crippen LogP contribution in [0.1, 0.15) is 28.8 Å². The van der Waals surface area contributed by atoms with Gasteiger partial charge in [0.2, 0.25) is 0 Å². The highest BCUT2D eigenvalue weighted by molar-refractivity contribution is 5.89. The number of aryl methyl sites for hydroxylation is 2. The van der Waals surface area contributed by atoms with Crippen LogP contribution >= 0.6 is 0 Å². The van der Waals surface area contributed by atoms with Crippen molar-refractivity contribution >= 4 is 5.97 Å². The molecular formula is C13H15N3O2. The van der Waals surface area contributed by atoms with Crippen LogP contribution in [0.5, 0.6) is 0 Å². The highest BCUT2D eigenvalue weighted by Gasteiger charge is 2.16. The van der Waals surface area contributed by atoms with Gasteiger partial charge < -0.3 is 9.72 Å². The molecule has 5 nitrogen and oxygen atoms in total. The Labute approximate surface area is 105 Å². The smallest absolute Gasteiger partial charge is 0.358 e. The Kier molecular flexibility index (Phi) is 3.41. The van der Waals surface area contributed by atoms with Crippen molar-refractivity contribution < 1.29 is 9.53 Å². The molecule has 0 aliphatic rings. The summed E-state index contributed by atoms with van der Waals surface area (Å²) in [6, 6.07) is 3.76. The molecule has 2 heterocycles. The van der Waals surface area contributed by atoms with Crippen LogP contribution in [0.4, 0.5) is 0 Å². The maximum atomic E-state index is 11.7. The average Bonchev–Trinajstić information content (AvgIpc) is 2.72. The van der Waals surface area contributed by atoms with Gasteiger partial charge in [0.1, 0.15) is 5.82 Å². The topological polar surface area (TPSA) is 67.9 Å². The minimum absolute atomic E-state index is 0.335. The molecule has 0 bridgehead atoms. The second-order valence-electron chi connectivity index (χ2n) is 3.97. The largest absolute Gasteiger partial charge is 0.461 e. The van der Waals surface area contributed by atoms with Crippen molar-refractivity contribution in [3.63, 3.8) is 0 Å². The molecule has 2 aromatic rings. The van der Waals surface area contributed by atoms with Crippen molar-refractivity contribution in [2.45, 2.75) is 20.8 Å². The van der Waals surface area contributed by atoms with Crippen LogP contribution in [0.15, 0.2) is 18.3 Å². The Morgan fingerprint density at radius 2 is 2.22 bits per heavy atom. The molecule has 0 aliphatic carbocycles. The van der Waals surface area contributed by atoms with Gasteiger partial charge in [-0.15, -0.1) is 0 Å². The summed E-state index contributed by atoms with van der Waals surface area (Å²) >= 11 is 0. The monoisotopic (exact) mass is 245 g/mol. The third kappa shape index (κ3) is 2.40. The van der Waals surface area contributed by atoms with Gasteiger partial charge in [0.05, 0.1) is 6.61 Å². The number of nitrogens with one attached hydrogen (secondary N) is 1. The van der Waals surface area contributed by atoms with Crippen molar-refractivity contribution in [1.29, 1.82) is 0 Å². The number of carbonyl (C=O) groups is 1. The summed E-state index contributed by atoms with van der Waals surface area (Å²) in [6.45, 7) is 5.82. The summed E-state index contributed by atoms with van der Waals surface area (Å²) in [5.74, 6) is 0.254. The molecular weight excluding hydrogens is 230 g/mol. The third-order valence-corrected chi connectivity index (χ3v) is 2.52. The fourth-order valence-electron chi connectivity index (χ4n) is 1.69. The second-order valence-corrected chi connectivity index (χ2v) is 3.97. The fraction of sp³-hybridized carbons (Fsp3) is 0.308. The SMILES string of the molecule is CCOC(=O)c1nc(-c2ccnc(C)c2)[nH]c1C. The van der Waals surface area contributed by atoms with Gasteiger partial charge in [-0.05, 0) is 32.9 Å². The van der Waals surface area contributed by atoms with Crippen LogP contribution in [0.2, 0.25) is 0 Å². The maximum Gasteiger partial charge on any atom is 0.358 e. The molecule has 0 atom stereocenters.